The Hall–Kier alpha value is -2.14. The van der Waals surface area contributed by atoms with Gasteiger partial charge in [-0.3, -0.25) is 4.79 Å². The molecule has 0 atom stereocenters. The van der Waals surface area contributed by atoms with Crippen molar-refractivity contribution in [3.05, 3.63) is 60.2 Å². The molecule has 122 valence electrons. The maximum absolute atomic E-state index is 12.6. The Bertz CT molecular complexity index is 770. The summed E-state index contributed by atoms with van der Waals surface area (Å²) in [5.74, 6) is -0.924. The summed E-state index contributed by atoms with van der Waals surface area (Å²) in [6.45, 7) is 4.40. The van der Waals surface area contributed by atoms with Crippen LogP contribution in [-0.4, -0.2) is 26.6 Å². The van der Waals surface area contributed by atoms with Gasteiger partial charge in [-0.2, -0.15) is 0 Å². The van der Waals surface area contributed by atoms with E-state index in [0.29, 0.717) is 6.54 Å². The lowest BCUT2D eigenvalue weighted by atomic mass is 10.2. The highest BCUT2D eigenvalue weighted by atomic mass is 32.2. The van der Waals surface area contributed by atoms with Crippen LogP contribution < -0.4 is 4.90 Å². The Morgan fingerprint density at radius 2 is 1.74 bits per heavy atom. The molecule has 0 aromatic heterocycles. The summed E-state index contributed by atoms with van der Waals surface area (Å²) in [4.78, 5) is 14.3. The summed E-state index contributed by atoms with van der Waals surface area (Å²) >= 11 is 0. The first-order valence-corrected chi connectivity index (χ1v) is 9.24. The maximum atomic E-state index is 12.6. The predicted molar refractivity (Wildman–Crippen MR) is 92.3 cm³/mol. The number of hydrogen-bond donors (Lipinski definition) is 0. The molecular formula is C18H21NO3S. The third kappa shape index (κ3) is 4.42. The zero-order chi connectivity index (χ0) is 16.9. The van der Waals surface area contributed by atoms with Crippen LogP contribution >= 0.6 is 0 Å². The molecule has 1 amide bonds. The topological polar surface area (TPSA) is 54.5 Å². The Morgan fingerprint density at radius 1 is 1.04 bits per heavy atom. The minimum Gasteiger partial charge on any atom is -0.312 e. The summed E-state index contributed by atoms with van der Waals surface area (Å²) in [5.41, 5.74) is 1.77. The van der Waals surface area contributed by atoms with Crippen molar-refractivity contribution in [3.8, 4) is 0 Å². The van der Waals surface area contributed by atoms with Crippen LogP contribution in [0.4, 0.5) is 5.69 Å². The highest BCUT2D eigenvalue weighted by Crippen LogP contribution is 2.18. The normalized spacial score (nSPS) is 11.2. The molecule has 0 N–H and O–H groups in total. The van der Waals surface area contributed by atoms with Crippen molar-refractivity contribution in [2.75, 3.05) is 17.2 Å². The predicted octanol–water partition coefficient (Wildman–Crippen LogP) is 3.21. The zero-order valence-corrected chi connectivity index (χ0v) is 14.2. The van der Waals surface area contributed by atoms with Crippen molar-refractivity contribution in [3.63, 3.8) is 0 Å². The van der Waals surface area contributed by atoms with Crippen molar-refractivity contribution in [1.29, 1.82) is 0 Å². The number of carbonyl (C=O) groups is 1. The van der Waals surface area contributed by atoms with Crippen LogP contribution in [0.3, 0.4) is 0 Å². The highest BCUT2D eigenvalue weighted by Gasteiger charge is 2.24. The van der Waals surface area contributed by atoms with E-state index in [1.165, 1.54) is 12.1 Å². The van der Waals surface area contributed by atoms with Crippen molar-refractivity contribution in [1.82, 2.24) is 0 Å². The average molecular weight is 331 g/mol. The second kappa shape index (κ2) is 7.42. The van der Waals surface area contributed by atoms with E-state index in [-0.39, 0.29) is 4.90 Å². The van der Waals surface area contributed by atoms with E-state index in [9.17, 15) is 13.2 Å². The molecule has 2 rings (SSSR count). The van der Waals surface area contributed by atoms with Gasteiger partial charge in [0, 0.05) is 12.2 Å². The van der Waals surface area contributed by atoms with Crippen molar-refractivity contribution in [2.24, 2.45) is 0 Å². The van der Waals surface area contributed by atoms with E-state index < -0.39 is 21.5 Å². The fourth-order valence-electron chi connectivity index (χ4n) is 2.37. The van der Waals surface area contributed by atoms with Gasteiger partial charge in [-0.1, -0.05) is 37.3 Å². The SMILES string of the molecule is CCCN(C(=O)CS(=O)(=O)c1ccccc1)c1cccc(C)c1. The van der Waals surface area contributed by atoms with E-state index in [0.717, 1.165) is 17.7 Å². The molecule has 2 aromatic rings. The molecule has 0 bridgehead atoms. The Balaban J connectivity index is 2.25. The summed E-state index contributed by atoms with van der Waals surface area (Å²) in [5, 5.41) is 0. The zero-order valence-electron chi connectivity index (χ0n) is 13.4. The number of carbonyl (C=O) groups excluding carboxylic acids is 1. The molecule has 23 heavy (non-hydrogen) atoms. The second-order valence-electron chi connectivity index (χ2n) is 5.46. The third-order valence-electron chi connectivity index (χ3n) is 3.48. The van der Waals surface area contributed by atoms with Crippen LogP contribution in [0.1, 0.15) is 18.9 Å². The lowest BCUT2D eigenvalue weighted by Crippen LogP contribution is -2.36. The minimum absolute atomic E-state index is 0.175. The number of hydrogen-bond acceptors (Lipinski definition) is 3. The van der Waals surface area contributed by atoms with E-state index >= 15 is 0 Å². The number of aryl methyl sites for hydroxylation is 1. The molecule has 0 fully saturated rings. The molecule has 0 aliphatic rings. The van der Waals surface area contributed by atoms with Crippen LogP contribution in [0.25, 0.3) is 0 Å². The lowest BCUT2D eigenvalue weighted by molar-refractivity contribution is -0.116. The second-order valence-corrected chi connectivity index (χ2v) is 7.45. The van der Waals surface area contributed by atoms with Crippen molar-refractivity contribution >= 4 is 21.4 Å². The van der Waals surface area contributed by atoms with E-state index in [1.807, 2.05) is 38.1 Å². The maximum Gasteiger partial charge on any atom is 0.242 e. The quantitative estimate of drug-likeness (QED) is 0.817. The Morgan fingerprint density at radius 3 is 2.35 bits per heavy atom. The molecule has 0 saturated heterocycles. The first-order valence-electron chi connectivity index (χ1n) is 7.59. The molecule has 4 nitrogen and oxygen atoms in total. The van der Waals surface area contributed by atoms with Crippen LogP contribution in [0, 0.1) is 6.92 Å². The third-order valence-corrected chi connectivity index (χ3v) is 5.09. The average Bonchev–Trinajstić information content (AvgIpc) is 2.53. The molecule has 0 unspecified atom stereocenters. The largest absolute Gasteiger partial charge is 0.312 e. The van der Waals surface area contributed by atoms with Gasteiger partial charge >= 0.3 is 0 Å². The van der Waals surface area contributed by atoms with Crippen LogP contribution in [-0.2, 0) is 14.6 Å². The standard InChI is InChI=1S/C18H21NO3S/c1-3-12-19(16-9-7-8-15(2)13-16)18(20)14-23(21,22)17-10-5-4-6-11-17/h4-11,13H,3,12,14H2,1-2H3. The number of amides is 1. The highest BCUT2D eigenvalue weighted by molar-refractivity contribution is 7.92. The van der Waals surface area contributed by atoms with Gasteiger partial charge in [-0.15, -0.1) is 0 Å². The number of sulfone groups is 1. The summed E-state index contributed by atoms with van der Waals surface area (Å²) < 4.78 is 24.8. The van der Waals surface area contributed by atoms with Gasteiger partial charge < -0.3 is 4.90 Å². The molecule has 0 aliphatic carbocycles. The summed E-state index contributed by atoms with van der Waals surface area (Å²) in [6, 6.07) is 15.6. The molecule has 0 saturated carbocycles. The minimum atomic E-state index is -3.63. The smallest absolute Gasteiger partial charge is 0.242 e. The Kier molecular flexibility index (Phi) is 5.55. The molecule has 2 aromatic carbocycles. The van der Waals surface area contributed by atoms with Crippen molar-refractivity contribution < 1.29 is 13.2 Å². The van der Waals surface area contributed by atoms with Gasteiger partial charge in [-0.25, -0.2) is 8.42 Å². The van der Waals surface area contributed by atoms with Gasteiger partial charge in [0.25, 0.3) is 0 Å². The lowest BCUT2D eigenvalue weighted by Gasteiger charge is -2.22. The van der Waals surface area contributed by atoms with Crippen LogP contribution in [0.15, 0.2) is 59.5 Å². The first-order chi connectivity index (χ1) is 10.9. The van der Waals surface area contributed by atoms with E-state index in [2.05, 4.69) is 0 Å². The van der Waals surface area contributed by atoms with E-state index in [1.54, 1.807) is 23.1 Å². The number of nitrogens with zero attached hydrogens (tertiary/aromatic N) is 1. The number of anilines is 1. The Labute approximate surface area is 137 Å². The number of benzene rings is 2. The summed E-state index contributed by atoms with van der Waals surface area (Å²) in [7, 11) is -3.63. The van der Waals surface area contributed by atoms with E-state index in [4.69, 9.17) is 0 Å². The van der Waals surface area contributed by atoms with Gasteiger partial charge in [0.15, 0.2) is 9.84 Å². The van der Waals surface area contributed by atoms with Crippen molar-refractivity contribution in [2.45, 2.75) is 25.2 Å². The van der Waals surface area contributed by atoms with Crippen LogP contribution in [0.2, 0.25) is 0 Å². The van der Waals surface area contributed by atoms with Crippen LogP contribution in [0.5, 0.6) is 0 Å². The molecule has 0 heterocycles. The fourth-order valence-corrected chi connectivity index (χ4v) is 3.59. The van der Waals surface area contributed by atoms with Gasteiger partial charge in [0.1, 0.15) is 5.75 Å². The molecule has 5 heteroatoms. The molecule has 0 spiro atoms. The van der Waals surface area contributed by atoms with Gasteiger partial charge in [0.2, 0.25) is 5.91 Å². The number of rotatable bonds is 6. The fraction of sp³-hybridized carbons (Fsp3) is 0.278. The first kappa shape index (κ1) is 17.2. The molecule has 0 aliphatic heterocycles. The monoisotopic (exact) mass is 331 g/mol. The molecule has 0 radical (unpaired) electrons. The molecular weight excluding hydrogens is 310 g/mol. The van der Waals surface area contributed by atoms with Gasteiger partial charge in [0.05, 0.1) is 4.90 Å². The van der Waals surface area contributed by atoms with Gasteiger partial charge in [-0.05, 0) is 43.2 Å². The summed E-state index contributed by atoms with van der Waals surface area (Å²) in [6.07, 6.45) is 0.755.